The van der Waals surface area contributed by atoms with E-state index in [1.807, 2.05) is 54.6 Å². The van der Waals surface area contributed by atoms with Crippen molar-refractivity contribution in [2.45, 2.75) is 19.3 Å². The van der Waals surface area contributed by atoms with Crippen LogP contribution in [0.5, 0.6) is 0 Å². The lowest BCUT2D eigenvalue weighted by Crippen LogP contribution is -2.37. The Kier molecular flexibility index (Phi) is 6.27. The van der Waals surface area contributed by atoms with E-state index in [0.29, 0.717) is 12.1 Å². The summed E-state index contributed by atoms with van der Waals surface area (Å²) in [5, 5.41) is 3.03. The number of rotatable bonds is 6. The van der Waals surface area contributed by atoms with Gasteiger partial charge < -0.3 is 10.2 Å². The number of aromatic nitrogens is 2. The zero-order valence-electron chi connectivity index (χ0n) is 16.6. The Morgan fingerprint density at radius 1 is 0.862 bits per heavy atom. The minimum atomic E-state index is -0.0299. The highest BCUT2D eigenvalue weighted by Gasteiger charge is 2.11. The third-order valence-corrected chi connectivity index (χ3v) is 5.31. The van der Waals surface area contributed by atoms with Gasteiger partial charge in [0.05, 0.1) is 23.8 Å². The number of carbonyl (C=O) groups excluding carboxylic acids is 1. The molecule has 5 heteroatoms. The monoisotopic (exact) mass is 386 g/mol. The van der Waals surface area contributed by atoms with Gasteiger partial charge >= 0.3 is 0 Å². The summed E-state index contributed by atoms with van der Waals surface area (Å²) in [4.78, 5) is 23.9. The van der Waals surface area contributed by atoms with Crippen LogP contribution in [0.3, 0.4) is 0 Å². The Bertz CT molecular complexity index is 935. The normalized spacial score (nSPS) is 14.5. The molecule has 5 nitrogen and oxygen atoms in total. The molecule has 148 valence electrons. The van der Waals surface area contributed by atoms with Crippen LogP contribution in [-0.2, 0) is 0 Å². The van der Waals surface area contributed by atoms with Crippen LogP contribution in [0.1, 0.15) is 29.6 Å². The van der Waals surface area contributed by atoms with Crippen molar-refractivity contribution in [1.82, 2.24) is 20.2 Å². The molecule has 0 saturated carbocycles. The van der Waals surface area contributed by atoms with Crippen LogP contribution < -0.4 is 5.32 Å². The summed E-state index contributed by atoms with van der Waals surface area (Å²) >= 11 is 0. The zero-order chi connectivity index (χ0) is 19.9. The molecule has 2 aromatic carbocycles. The van der Waals surface area contributed by atoms with Crippen molar-refractivity contribution in [2.75, 3.05) is 26.2 Å². The Balaban J connectivity index is 1.38. The van der Waals surface area contributed by atoms with E-state index in [1.54, 1.807) is 12.4 Å². The molecule has 1 aromatic heterocycles. The number of likely N-dealkylation sites (tertiary alicyclic amines) is 1. The van der Waals surface area contributed by atoms with E-state index in [0.717, 1.165) is 42.1 Å². The second kappa shape index (κ2) is 9.43. The third-order valence-electron chi connectivity index (χ3n) is 5.31. The van der Waals surface area contributed by atoms with Crippen LogP contribution in [0.15, 0.2) is 67.0 Å². The average Bonchev–Trinajstić information content (AvgIpc) is 2.80. The number of carbonyl (C=O) groups is 1. The Morgan fingerprint density at radius 2 is 1.52 bits per heavy atom. The number of amides is 1. The van der Waals surface area contributed by atoms with Crippen molar-refractivity contribution in [3.05, 3.63) is 72.6 Å². The Morgan fingerprint density at radius 3 is 2.21 bits per heavy atom. The van der Waals surface area contributed by atoms with Crippen molar-refractivity contribution in [3.63, 3.8) is 0 Å². The van der Waals surface area contributed by atoms with Crippen molar-refractivity contribution in [3.8, 4) is 22.5 Å². The van der Waals surface area contributed by atoms with Crippen LogP contribution in [-0.4, -0.2) is 47.0 Å². The minimum absolute atomic E-state index is 0.0299. The lowest BCUT2D eigenvalue weighted by atomic mass is 10.1. The van der Waals surface area contributed by atoms with Crippen LogP contribution in [0, 0.1) is 0 Å². The molecule has 1 aliphatic rings. The number of hydrogen-bond donors (Lipinski definition) is 1. The largest absolute Gasteiger partial charge is 0.351 e. The van der Waals surface area contributed by atoms with Gasteiger partial charge in [-0.1, -0.05) is 48.9 Å². The second-order valence-corrected chi connectivity index (χ2v) is 7.39. The molecule has 3 aromatic rings. The van der Waals surface area contributed by atoms with Gasteiger partial charge in [-0.2, -0.15) is 0 Å². The highest BCUT2D eigenvalue weighted by atomic mass is 16.1. The number of benzene rings is 2. The summed E-state index contributed by atoms with van der Waals surface area (Å²) in [6.45, 7) is 3.90. The molecule has 1 aliphatic heterocycles. The molecule has 2 heterocycles. The summed E-state index contributed by atoms with van der Waals surface area (Å²) in [5.74, 6) is -0.0299. The molecule has 1 fully saturated rings. The van der Waals surface area contributed by atoms with Crippen LogP contribution >= 0.6 is 0 Å². The van der Waals surface area contributed by atoms with Gasteiger partial charge in [-0.15, -0.1) is 0 Å². The number of nitrogens with one attached hydrogen (secondary N) is 1. The summed E-state index contributed by atoms with van der Waals surface area (Å²) in [6, 6.07) is 17.6. The van der Waals surface area contributed by atoms with Gasteiger partial charge in [0.1, 0.15) is 0 Å². The quantitative estimate of drug-likeness (QED) is 0.695. The average molecular weight is 386 g/mol. The van der Waals surface area contributed by atoms with Crippen LogP contribution in [0.2, 0.25) is 0 Å². The first-order chi connectivity index (χ1) is 14.3. The van der Waals surface area contributed by atoms with Gasteiger partial charge in [0.25, 0.3) is 5.91 Å². The first-order valence-corrected chi connectivity index (χ1v) is 10.3. The van der Waals surface area contributed by atoms with Crippen LogP contribution in [0.4, 0.5) is 0 Å². The van der Waals surface area contributed by atoms with E-state index in [-0.39, 0.29) is 5.91 Å². The molecule has 29 heavy (non-hydrogen) atoms. The van der Waals surface area contributed by atoms with Crippen molar-refractivity contribution >= 4 is 5.91 Å². The predicted octanol–water partition coefficient (Wildman–Crippen LogP) is 4.03. The minimum Gasteiger partial charge on any atom is -0.351 e. The SMILES string of the molecule is O=C(NCCN1CCCCC1)c1ccc(-c2cncc(-c3ccccc3)n2)cc1. The van der Waals surface area contributed by atoms with Gasteiger partial charge in [-0.05, 0) is 38.1 Å². The molecule has 1 N–H and O–H groups in total. The van der Waals surface area contributed by atoms with Gasteiger partial charge in [0.15, 0.2) is 0 Å². The fraction of sp³-hybridized carbons (Fsp3) is 0.292. The number of nitrogens with zero attached hydrogens (tertiary/aromatic N) is 3. The molecule has 0 atom stereocenters. The maximum Gasteiger partial charge on any atom is 0.251 e. The zero-order valence-corrected chi connectivity index (χ0v) is 16.6. The summed E-state index contributed by atoms with van der Waals surface area (Å²) < 4.78 is 0. The molecular formula is C24H26N4O. The molecule has 1 saturated heterocycles. The maximum absolute atomic E-state index is 12.4. The smallest absolute Gasteiger partial charge is 0.251 e. The van der Waals surface area contributed by atoms with Crippen LogP contribution in [0.25, 0.3) is 22.5 Å². The van der Waals surface area contributed by atoms with E-state index >= 15 is 0 Å². The molecular weight excluding hydrogens is 360 g/mol. The van der Waals surface area contributed by atoms with E-state index in [1.165, 1.54) is 19.3 Å². The van der Waals surface area contributed by atoms with Crippen molar-refractivity contribution < 1.29 is 4.79 Å². The first-order valence-electron chi connectivity index (χ1n) is 10.3. The predicted molar refractivity (Wildman–Crippen MR) is 116 cm³/mol. The van der Waals surface area contributed by atoms with Crippen molar-refractivity contribution in [2.24, 2.45) is 0 Å². The highest BCUT2D eigenvalue weighted by Crippen LogP contribution is 2.21. The maximum atomic E-state index is 12.4. The summed E-state index contributed by atoms with van der Waals surface area (Å²) in [6.07, 6.45) is 7.38. The van der Waals surface area contributed by atoms with Crippen molar-refractivity contribution in [1.29, 1.82) is 0 Å². The molecule has 0 radical (unpaired) electrons. The molecule has 0 unspecified atom stereocenters. The Hall–Kier alpha value is -3.05. The van der Waals surface area contributed by atoms with Gasteiger partial charge in [-0.25, -0.2) is 4.98 Å². The fourth-order valence-corrected chi connectivity index (χ4v) is 3.66. The lowest BCUT2D eigenvalue weighted by molar-refractivity contribution is 0.0946. The van der Waals surface area contributed by atoms with E-state index < -0.39 is 0 Å². The standard InChI is InChI=1S/C24H26N4O/c29-24(26-13-16-28-14-5-2-6-15-28)21-11-9-20(10-12-21)23-18-25-17-22(27-23)19-7-3-1-4-8-19/h1,3-4,7-12,17-18H,2,5-6,13-16H2,(H,26,29). The molecule has 0 aliphatic carbocycles. The number of hydrogen-bond acceptors (Lipinski definition) is 4. The van der Waals surface area contributed by atoms with E-state index in [9.17, 15) is 4.79 Å². The highest BCUT2D eigenvalue weighted by molar-refractivity contribution is 5.94. The van der Waals surface area contributed by atoms with E-state index in [4.69, 9.17) is 4.98 Å². The summed E-state index contributed by atoms with van der Waals surface area (Å²) in [5.41, 5.74) is 4.28. The van der Waals surface area contributed by atoms with E-state index in [2.05, 4.69) is 15.2 Å². The Labute approximate surface area is 171 Å². The second-order valence-electron chi connectivity index (χ2n) is 7.39. The van der Waals surface area contributed by atoms with Gasteiger partial charge in [0, 0.05) is 29.8 Å². The first kappa shape index (κ1) is 19.3. The van der Waals surface area contributed by atoms with Gasteiger partial charge in [-0.3, -0.25) is 9.78 Å². The fourth-order valence-electron chi connectivity index (χ4n) is 3.66. The number of piperidine rings is 1. The third kappa shape index (κ3) is 5.06. The topological polar surface area (TPSA) is 58.1 Å². The molecule has 0 spiro atoms. The summed E-state index contributed by atoms with van der Waals surface area (Å²) in [7, 11) is 0. The molecule has 1 amide bonds. The van der Waals surface area contributed by atoms with Gasteiger partial charge in [0.2, 0.25) is 0 Å². The molecule has 4 rings (SSSR count). The lowest BCUT2D eigenvalue weighted by Gasteiger charge is -2.26. The molecule has 0 bridgehead atoms.